The number of hydrogen-bond donors (Lipinski definition) is 1. The number of rotatable bonds is 8. The van der Waals surface area contributed by atoms with E-state index in [0.29, 0.717) is 17.1 Å². The summed E-state index contributed by atoms with van der Waals surface area (Å²) in [5.74, 6) is 0.145. The second-order valence-corrected chi connectivity index (χ2v) is 8.77. The van der Waals surface area contributed by atoms with Crippen molar-refractivity contribution in [1.82, 2.24) is 4.98 Å². The Morgan fingerprint density at radius 1 is 1.10 bits per heavy atom. The van der Waals surface area contributed by atoms with Crippen molar-refractivity contribution in [2.45, 2.75) is 25.2 Å². The van der Waals surface area contributed by atoms with Crippen LogP contribution in [0.1, 0.15) is 18.1 Å². The summed E-state index contributed by atoms with van der Waals surface area (Å²) in [5.41, 5.74) is 2.96. The van der Waals surface area contributed by atoms with Crippen LogP contribution >= 0.6 is 0 Å². The number of pyridine rings is 1. The smallest absolute Gasteiger partial charge is 0.266 e. The van der Waals surface area contributed by atoms with E-state index in [9.17, 15) is 13.2 Å². The fourth-order valence-electron chi connectivity index (χ4n) is 3.20. The van der Waals surface area contributed by atoms with E-state index in [2.05, 4.69) is 10.3 Å². The van der Waals surface area contributed by atoms with E-state index in [1.807, 2.05) is 32.0 Å². The lowest BCUT2D eigenvalue weighted by molar-refractivity contribution is -0.114. The molecule has 1 aromatic heterocycles. The summed E-state index contributed by atoms with van der Waals surface area (Å²) < 4.78 is 32.9. The van der Waals surface area contributed by atoms with Gasteiger partial charge < -0.3 is 10.1 Å². The Bertz CT molecular complexity index is 1150. The first-order chi connectivity index (χ1) is 14.9. The molecule has 0 bridgehead atoms. The number of methoxy groups -OCH3 is 1. The van der Waals surface area contributed by atoms with Crippen LogP contribution in [0.2, 0.25) is 0 Å². The van der Waals surface area contributed by atoms with Crippen molar-refractivity contribution in [3.8, 4) is 5.75 Å². The first kappa shape index (κ1) is 22.3. The number of carbonyl (C=O) groups is 1. The van der Waals surface area contributed by atoms with E-state index in [1.165, 1.54) is 25.6 Å². The van der Waals surface area contributed by atoms with Crippen molar-refractivity contribution in [2.24, 2.45) is 0 Å². The van der Waals surface area contributed by atoms with Gasteiger partial charge in [-0.3, -0.25) is 14.1 Å². The third-order valence-electron chi connectivity index (χ3n) is 4.87. The number of anilines is 2. The summed E-state index contributed by atoms with van der Waals surface area (Å²) in [5, 5.41) is 2.89. The molecule has 1 N–H and O–H groups in total. The Labute approximate surface area is 182 Å². The molecule has 162 valence electrons. The van der Waals surface area contributed by atoms with E-state index in [1.54, 1.807) is 30.3 Å². The minimum atomic E-state index is -4.02. The Morgan fingerprint density at radius 3 is 2.45 bits per heavy atom. The summed E-state index contributed by atoms with van der Waals surface area (Å²) >= 11 is 0. The predicted octanol–water partition coefficient (Wildman–Crippen LogP) is 3.80. The van der Waals surface area contributed by atoms with Crippen LogP contribution in [0.4, 0.5) is 11.4 Å². The topological polar surface area (TPSA) is 88.6 Å². The van der Waals surface area contributed by atoms with Gasteiger partial charge in [0.05, 0.1) is 12.8 Å². The van der Waals surface area contributed by atoms with Crippen LogP contribution in [0.15, 0.2) is 71.9 Å². The molecule has 31 heavy (non-hydrogen) atoms. The number of nitrogens with one attached hydrogen (secondary N) is 1. The molecule has 1 amide bonds. The molecule has 8 heteroatoms. The molecule has 0 aliphatic carbocycles. The normalized spacial score (nSPS) is 11.1. The minimum absolute atomic E-state index is 0.00348. The molecular formula is C23H25N3O4S. The second kappa shape index (κ2) is 9.61. The number of ether oxygens (including phenoxy) is 1. The van der Waals surface area contributed by atoms with Crippen LogP contribution < -0.4 is 14.4 Å². The number of benzene rings is 2. The van der Waals surface area contributed by atoms with E-state index < -0.39 is 15.9 Å². The number of nitrogens with zero attached hydrogens (tertiary/aromatic N) is 2. The number of aromatic nitrogens is 1. The maximum atomic E-state index is 13.3. The van der Waals surface area contributed by atoms with Gasteiger partial charge in [-0.05, 0) is 60.9 Å². The lowest BCUT2D eigenvalue weighted by Crippen LogP contribution is -2.38. The van der Waals surface area contributed by atoms with Crippen LogP contribution in [0.3, 0.4) is 0 Å². The maximum absolute atomic E-state index is 13.3. The van der Waals surface area contributed by atoms with Gasteiger partial charge in [0.15, 0.2) is 0 Å². The zero-order chi connectivity index (χ0) is 22.4. The molecule has 3 aromatic rings. The van der Waals surface area contributed by atoms with Crippen molar-refractivity contribution >= 4 is 27.3 Å². The van der Waals surface area contributed by atoms with Crippen LogP contribution in [0.5, 0.6) is 5.75 Å². The number of hydrogen-bond acceptors (Lipinski definition) is 5. The van der Waals surface area contributed by atoms with Crippen LogP contribution in [0.25, 0.3) is 0 Å². The second-order valence-electron chi connectivity index (χ2n) is 6.91. The molecule has 1 heterocycles. The average Bonchev–Trinajstić information content (AvgIpc) is 2.79. The number of carbonyl (C=O) groups excluding carboxylic acids is 1. The molecule has 2 aromatic carbocycles. The van der Waals surface area contributed by atoms with Crippen molar-refractivity contribution in [1.29, 1.82) is 0 Å². The molecule has 0 aliphatic rings. The molecule has 0 saturated carbocycles. The average molecular weight is 440 g/mol. The minimum Gasteiger partial charge on any atom is -0.497 e. The van der Waals surface area contributed by atoms with E-state index in [4.69, 9.17) is 4.74 Å². The zero-order valence-corrected chi connectivity index (χ0v) is 18.5. The fraction of sp³-hybridized carbons (Fsp3) is 0.217. The van der Waals surface area contributed by atoms with E-state index >= 15 is 0 Å². The molecule has 0 saturated heterocycles. The molecule has 0 aliphatic heterocycles. The highest BCUT2D eigenvalue weighted by atomic mass is 32.2. The van der Waals surface area contributed by atoms with Gasteiger partial charge in [-0.25, -0.2) is 8.42 Å². The molecule has 0 fully saturated rings. The SMILES string of the molecule is CCc1cccc(C)c1NC(=O)CN(c1ccc(OC)cc1)S(=O)(=O)c1cccnc1. The Hall–Kier alpha value is -3.39. The van der Waals surface area contributed by atoms with Crippen LogP contribution in [-0.4, -0.2) is 33.0 Å². The third kappa shape index (κ3) is 5.03. The van der Waals surface area contributed by atoms with Gasteiger partial charge in [0.1, 0.15) is 17.2 Å². The van der Waals surface area contributed by atoms with Gasteiger partial charge in [0, 0.05) is 18.1 Å². The quantitative estimate of drug-likeness (QED) is 0.577. The number of para-hydroxylation sites is 1. The Balaban J connectivity index is 1.96. The third-order valence-corrected chi connectivity index (χ3v) is 6.63. The highest BCUT2D eigenvalue weighted by Crippen LogP contribution is 2.26. The molecule has 0 radical (unpaired) electrons. The molecule has 3 rings (SSSR count). The van der Waals surface area contributed by atoms with Gasteiger partial charge in [0.25, 0.3) is 10.0 Å². The van der Waals surface area contributed by atoms with Gasteiger partial charge in [-0.15, -0.1) is 0 Å². The monoisotopic (exact) mass is 439 g/mol. The molecule has 0 spiro atoms. The largest absolute Gasteiger partial charge is 0.497 e. The zero-order valence-electron chi connectivity index (χ0n) is 17.7. The van der Waals surface area contributed by atoms with E-state index in [-0.39, 0.29) is 11.4 Å². The molecule has 0 unspecified atom stereocenters. The van der Waals surface area contributed by atoms with Crippen LogP contribution in [-0.2, 0) is 21.2 Å². The molecule has 7 nitrogen and oxygen atoms in total. The number of aryl methyl sites for hydroxylation is 2. The van der Waals surface area contributed by atoms with Crippen molar-refractivity contribution in [3.05, 3.63) is 78.1 Å². The molecule has 0 atom stereocenters. The van der Waals surface area contributed by atoms with Gasteiger partial charge in [-0.2, -0.15) is 0 Å². The van der Waals surface area contributed by atoms with Crippen molar-refractivity contribution in [3.63, 3.8) is 0 Å². The first-order valence-electron chi connectivity index (χ1n) is 9.82. The highest BCUT2D eigenvalue weighted by molar-refractivity contribution is 7.92. The first-order valence-corrected chi connectivity index (χ1v) is 11.3. The Morgan fingerprint density at radius 2 is 1.84 bits per heavy atom. The highest BCUT2D eigenvalue weighted by Gasteiger charge is 2.28. The van der Waals surface area contributed by atoms with Crippen LogP contribution in [0, 0.1) is 6.92 Å². The van der Waals surface area contributed by atoms with Crippen molar-refractivity contribution < 1.29 is 17.9 Å². The van der Waals surface area contributed by atoms with E-state index in [0.717, 1.165) is 21.9 Å². The van der Waals surface area contributed by atoms with Crippen molar-refractivity contribution in [2.75, 3.05) is 23.3 Å². The molecular weight excluding hydrogens is 414 g/mol. The lowest BCUT2D eigenvalue weighted by Gasteiger charge is -2.24. The summed E-state index contributed by atoms with van der Waals surface area (Å²) in [4.78, 5) is 16.9. The fourth-order valence-corrected chi connectivity index (χ4v) is 4.59. The maximum Gasteiger partial charge on any atom is 0.266 e. The van der Waals surface area contributed by atoms with Gasteiger partial charge >= 0.3 is 0 Å². The van der Waals surface area contributed by atoms with Gasteiger partial charge in [-0.1, -0.05) is 25.1 Å². The summed E-state index contributed by atoms with van der Waals surface area (Å²) in [6.07, 6.45) is 3.50. The number of sulfonamides is 1. The standard InChI is InChI=1S/C23H25N3O4S/c1-4-18-8-5-7-17(2)23(18)25-22(27)16-26(19-10-12-20(30-3)13-11-19)31(28,29)21-9-6-14-24-15-21/h5-15H,4,16H2,1-3H3,(H,25,27). The summed E-state index contributed by atoms with van der Waals surface area (Å²) in [6, 6.07) is 15.3. The summed E-state index contributed by atoms with van der Waals surface area (Å²) in [7, 11) is -2.49. The Kier molecular flexibility index (Phi) is 6.91. The number of amides is 1. The lowest BCUT2D eigenvalue weighted by atomic mass is 10.1. The summed E-state index contributed by atoms with van der Waals surface area (Å²) in [6.45, 7) is 3.52. The predicted molar refractivity (Wildman–Crippen MR) is 121 cm³/mol. The van der Waals surface area contributed by atoms with Gasteiger partial charge in [0.2, 0.25) is 5.91 Å².